The molecule has 0 aromatic carbocycles. The first-order chi connectivity index (χ1) is 7.19. The minimum Gasteiger partial charge on any atom is -0.396 e. The number of sulfone groups is 1. The van der Waals surface area contributed by atoms with Gasteiger partial charge < -0.3 is 5.11 Å². The average molecular weight is 273 g/mol. The third-order valence-electron chi connectivity index (χ3n) is 1.97. The molecule has 16 heavy (non-hydrogen) atoms. The Hall–Kier alpha value is -0.180. The van der Waals surface area contributed by atoms with Gasteiger partial charge in [0.25, 0.3) is 0 Å². The van der Waals surface area contributed by atoms with Crippen LogP contribution in [0.2, 0.25) is 0 Å². The third-order valence-corrected chi connectivity index (χ3v) is 6.01. The molecule has 0 radical (unpaired) electrons. The maximum absolute atomic E-state index is 11.5. The number of hydrogen-bond donors (Lipinski definition) is 1. The molecule has 0 fully saturated rings. The summed E-state index contributed by atoms with van der Waals surface area (Å²) < 4.78 is 45.8. The number of unbranched alkanes of at least 4 members (excludes halogenated alkanes) is 2. The Bertz CT molecular complexity index is 387. The van der Waals surface area contributed by atoms with Crippen LogP contribution in [0.15, 0.2) is 0 Å². The van der Waals surface area contributed by atoms with E-state index >= 15 is 0 Å². The molecule has 0 bridgehead atoms. The van der Waals surface area contributed by atoms with Crippen molar-refractivity contribution in [1.82, 2.24) is 4.31 Å². The highest BCUT2D eigenvalue weighted by molar-refractivity contribution is 8.06. The van der Waals surface area contributed by atoms with Crippen molar-refractivity contribution in [3.05, 3.63) is 0 Å². The third kappa shape index (κ3) is 7.15. The van der Waals surface area contributed by atoms with E-state index in [2.05, 4.69) is 0 Å². The van der Waals surface area contributed by atoms with Crippen LogP contribution in [0.3, 0.4) is 0 Å². The number of nitrogens with zero attached hydrogens (tertiary/aromatic N) is 1. The SMILES string of the molecule is CN(CCCCCO)S(=O)(=O)CS(C)(=O)=O. The van der Waals surface area contributed by atoms with Crippen molar-refractivity contribution in [3.8, 4) is 0 Å². The molecule has 8 heteroatoms. The van der Waals surface area contributed by atoms with E-state index in [0.717, 1.165) is 17.0 Å². The molecule has 0 saturated carbocycles. The molecule has 0 aliphatic carbocycles. The lowest BCUT2D eigenvalue weighted by atomic mass is 10.2. The van der Waals surface area contributed by atoms with Crippen molar-refractivity contribution in [2.24, 2.45) is 0 Å². The number of aliphatic hydroxyl groups excluding tert-OH is 1. The molecule has 98 valence electrons. The van der Waals surface area contributed by atoms with E-state index in [0.29, 0.717) is 12.8 Å². The summed E-state index contributed by atoms with van der Waals surface area (Å²) >= 11 is 0. The highest BCUT2D eigenvalue weighted by atomic mass is 32.3. The molecule has 0 saturated heterocycles. The Kier molecular flexibility index (Phi) is 6.46. The lowest BCUT2D eigenvalue weighted by Gasteiger charge is -2.16. The lowest BCUT2D eigenvalue weighted by Crippen LogP contribution is -2.32. The van der Waals surface area contributed by atoms with Gasteiger partial charge in [-0.05, 0) is 19.3 Å². The van der Waals surface area contributed by atoms with Crippen LogP contribution in [0, 0.1) is 0 Å². The van der Waals surface area contributed by atoms with E-state index in [-0.39, 0.29) is 13.2 Å². The van der Waals surface area contributed by atoms with Gasteiger partial charge in [0.2, 0.25) is 10.0 Å². The van der Waals surface area contributed by atoms with Crippen LogP contribution in [-0.2, 0) is 19.9 Å². The summed E-state index contributed by atoms with van der Waals surface area (Å²) in [5, 5.41) is 7.68. The van der Waals surface area contributed by atoms with Crippen LogP contribution in [0.5, 0.6) is 0 Å². The molecule has 0 unspecified atom stereocenters. The smallest absolute Gasteiger partial charge is 0.228 e. The van der Waals surface area contributed by atoms with E-state index in [4.69, 9.17) is 5.11 Å². The van der Waals surface area contributed by atoms with Crippen molar-refractivity contribution in [2.45, 2.75) is 19.3 Å². The Morgan fingerprint density at radius 3 is 2.06 bits per heavy atom. The van der Waals surface area contributed by atoms with Gasteiger partial charge in [-0.3, -0.25) is 0 Å². The molecule has 1 N–H and O–H groups in total. The number of sulfonamides is 1. The monoisotopic (exact) mass is 273 g/mol. The molecule has 0 amide bonds. The molecule has 0 heterocycles. The van der Waals surface area contributed by atoms with Crippen LogP contribution >= 0.6 is 0 Å². The topological polar surface area (TPSA) is 91.8 Å². The Balaban J connectivity index is 4.21. The minimum atomic E-state index is -3.72. The standard InChI is InChI=1S/C8H19NO5S2/c1-9(6-4-3-5-7-10)16(13,14)8-15(2,11)12/h10H,3-8H2,1-2H3. The summed E-state index contributed by atoms with van der Waals surface area (Å²) in [5.41, 5.74) is 0. The van der Waals surface area contributed by atoms with E-state index in [1.807, 2.05) is 0 Å². The van der Waals surface area contributed by atoms with Gasteiger partial charge in [0, 0.05) is 26.5 Å². The van der Waals surface area contributed by atoms with E-state index < -0.39 is 24.9 Å². The van der Waals surface area contributed by atoms with Crippen LogP contribution in [0.4, 0.5) is 0 Å². The molecule has 0 spiro atoms. The van der Waals surface area contributed by atoms with Crippen molar-refractivity contribution in [1.29, 1.82) is 0 Å². The molecule has 0 rings (SSSR count). The molecule has 0 aliphatic heterocycles. The largest absolute Gasteiger partial charge is 0.396 e. The summed E-state index contributed by atoms with van der Waals surface area (Å²) in [6.45, 7) is 0.359. The van der Waals surface area contributed by atoms with Gasteiger partial charge in [-0.25, -0.2) is 21.1 Å². The van der Waals surface area contributed by atoms with Crippen LogP contribution < -0.4 is 0 Å². The summed E-state index contributed by atoms with van der Waals surface area (Å²) in [7, 11) is -5.89. The van der Waals surface area contributed by atoms with Gasteiger partial charge in [0.05, 0.1) is 0 Å². The van der Waals surface area contributed by atoms with Gasteiger partial charge in [0.15, 0.2) is 14.9 Å². The Morgan fingerprint density at radius 2 is 1.62 bits per heavy atom. The number of rotatable bonds is 8. The molecule has 6 nitrogen and oxygen atoms in total. The van der Waals surface area contributed by atoms with Crippen LogP contribution in [0.25, 0.3) is 0 Å². The minimum absolute atomic E-state index is 0.0831. The van der Waals surface area contributed by atoms with Crippen molar-refractivity contribution in [3.63, 3.8) is 0 Å². The molecular weight excluding hydrogens is 254 g/mol. The van der Waals surface area contributed by atoms with Crippen molar-refractivity contribution >= 4 is 19.9 Å². The van der Waals surface area contributed by atoms with E-state index in [1.54, 1.807) is 0 Å². The van der Waals surface area contributed by atoms with Crippen LogP contribution in [-0.4, -0.2) is 57.8 Å². The average Bonchev–Trinajstić information content (AvgIpc) is 2.08. The summed E-state index contributed by atoms with van der Waals surface area (Å²) in [5.74, 6) is 0. The zero-order valence-corrected chi connectivity index (χ0v) is 11.2. The first-order valence-electron chi connectivity index (χ1n) is 4.91. The Morgan fingerprint density at radius 1 is 1.06 bits per heavy atom. The fourth-order valence-corrected chi connectivity index (χ4v) is 4.41. The second-order valence-corrected chi connectivity index (χ2v) is 8.34. The van der Waals surface area contributed by atoms with Gasteiger partial charge in [-0.2, -0.15) is 0 Å². The van der Waals surface area contributed by atoms with E-state index in [9.17, 15) is 16.8 Å². The predicted octanol–water partition coefficient (Wildman–Crippen LogP) is -0.587. The van der Waals surface area contributed by atoms with Crippen LogP contribution in [0.1, 0.15) is 19.3 Å². The molecule has 0 aromatic heterocycles. The first kappa shape index (κ1) is 15.8. The van der Waals surface area contributed by atoms with Gasteiger partial charge in [0.1, 0.15) is 0 Å². The molecule has 0 atom stereocenters. The maximum Gasteiger partial charge on any atom is 0.228 e. The fraction of sp³-hybridized carbons (Fsp3) is 1.00. The highest BCUT2D eigenvalue weighted by Gasteiger charge is 2.22. The molecule has 0 aromatic rings. The Labute approximate surface area is 97.2 Å². The van der Waals surface area contributed by atoms with Gasteiger partial charge in [-0.1, -0.05) is 0 Å². The summed E-state index contributed by atoms with van der Waals surface area (Å²) in [6.07, 6.45) is 2.85. The second-order valence-electron chi connectivity index (χ2n) is 3.76. The molecule has 0 aliphatic rings. The lowest BCUT2D eigenvalue weighted by molar-refractivity contribution is 0.281. The fourth-order valence-electron chi connectivity index (χ4n) is 1.12. The highest BCUT2D eigenvalue weighted by Crippen LogP contribution is 2.05. The number of aliphatic hydroxyl groups is 1. The maximum atomic E-state index is 11.5. The normalized spacial score (nSPS) is 13.2. The van der Waals surface area contributed by atoms with Gasteiger partial charge in [-0.15, -0.1) is 0 Å². The second kappa shape index (κ2) is 6.53. The first-order valence-corrected chi connectivity index (χ1v) is 8.58. The molecular formula is C8H19NO5S2. The zero-order chi connectivity index (χ0) is 12.8. The number of hydrogen-bond acceptors (Lipinski definition) is 5. The zero-order valence-electron chi connectivity index (χ0n) is 9.59. The summed E-state index contributed by atoms with van der Waals surface area (Å²) in [4.78, 5) is 0. The predicted molar refractivity (Wildman–Crippen MR) is 62.2 cm³/mol. The van der Waals surface area contributed by atoms with E-state index in [1.165, 1.54) is 7.05 Å². The van der Waals surface area contributed by atoms with Crippen molar-refractivity contribution in [2.75, 3.05) is 31.5 Å². The summed E-state index contributed by atoms with van der Waals surface area (Å²) in [6, 6.07) is 0. The quantitative estimate of drug-likeness (QED) is 0.597. The van der Waals surface area contributed by atoms with Crippen molar-refractivity contribution < 1.29 is 21.9 Å². The van der Waals surface area contributed by atoms with Gasteiger partial charge >= 0.3 is 0 Å².